The van der Waals surface area contributed by atoms with E-state index in [1.54, 1.807) is 13.8 Å². The minimum Gasteiger partial charge on any atom is -0.480 e. The van der Waals surface area contributed by atoms with Crippen LogP contribution in [0.4, 0.5) is 0 Å². The standard InChI is InChI=1S/C10H16BrNO3S/c1-10(2,16)8(9(14)15)12-5-6(4-11)3-7(12)13/h6,8,16H,3-5H2,1-2H3,(H,14,15)/t6?,8-/m1/s1. The molecule has 1 aliphatic rings. The van der Waals surface area contributed by atoms with E-state index in [4.69, 9.17) is 0 Å². The molecule has 1 amide bonds. The summed E-state index contributed by atoms with van der Waals surface area (Å²) in [5.41, 5.74) is 0. The van der Waals surface area contributed by atoms with Gasteiger partial charge in [0.25, 0.3) is 0 Å². The molecule has 0 aromatic heterocycles. The fraction of sp³-hybridized carbons (Fsp3) is 0.800. The van der Waals surface area contributed by atoms with Gasteiger partial charge >= 0.3 is 5.97 Å². The molecule has 2 atom stereocenters. The van der Waals surface area contributed by atoms with Crippen molar-refractivity contribution in [2.45, 2.75) is 31.1 Å². The van der Waals surface area contributed by atoms with E-state index in [2.05, 4.69) is 28.6 Å². The van der Waals surface area contributed by atoms with E-state index in [0.717, 1.165) is 0 Å². The molecule has 0 aliphatic carbocycles. The molecule has 1 N–H and O–H groups in total. The molecule has 16 heavy (non-hydrogen) atoms. The Morgan fingerprint density at radius 1 is 1.75 bits per heavy atom. The van der Waals surface area contributed by atoms with Crippen LogP contribution in [-0.2, 0) is 9.59 Å². The summed E-state index contributed by atoms with van der Waals surface area (Å²) in [5.74, 6) is -0.896. The summed E-state index contributed by atoms with van der Waals surface area (Å²) >= 11 is 7.60. The summed E-state index contributed by atoms with van der Waals surface area (Å²) in [6, 6.07) is -0.868. The van der Waals surface area contributed by atoms with Gasteiger partial charge in [-0.25, -0.2) is 4.79 Å². The van der Waals surface area contributed by atoms with E-state index >= 15 is 0 Å². The molecule has 1 unspecified atom stereocenters. The Morgan fingerprint density at radius 2 is 2.31 bits per heavy atom. The van der Waals surface area contributed by atoms with Crippen molar-refractivity contribution in [1.82, 2.24) is 4.90 Å². The number of thiol groups is 1. The van der Waals surface area contributed by atoms with E-state index < -0.39 is 16.8 Å². The Hall–Kier alpha value is -0.230. The van der Waals surface area contributed by atoms with Gasteiger partial charge in [0.1, 0.15) is 6.04 Å². The SMILES string of the molecule is CC(C)(S)[C@@H](C(=O)O)N1CC(CBr)CC1=O. The van der Waals surface area contributed by atoms with Crippen molar-refractivity contribution in [2.24, 2.45) is 5.92 Å². The highest BCUT2D eigenvalue weighted by Crippen LogP contribution is 2.29. The van der Waals surface area contributed by atoms with Crippen LogP contribution in [0.1, 0.15) is 20.3 Å². The molecule has 1 heterocycles. The van der Waals surface area contributed by atoms with Crippen LogP contribution in [0.25, 0.3) is 0 Å². The average molecular weight is 310 g/mol. The predicted molar refractivity (Wildman–Crippen MR) is 68.1 cm³/mol. The number of carboxylic acids is 1. The highest BCUT2D eigenvalue weighted by Gasteiger charge is 2.43. The summed E-state index contributed by atoms with van der Waals surface area (Å²) < 4.78 is -0.747. The topological polar surface area (TPSA) is 57.6 Å². The van der Waals surface area contributed by atoms with Gasteiger partial charge in [-0.05, 0) is 19.8 Å². The molecular weight excluding hydrogens is 294 g/mol. The summed E-state index contributed by atoms with van der Waals surface area (Å²) in [6.07, 6.45) is 0.416. The van der Waals surface area contributed by atoms with Crippen molar-refractivity contribution in [1.29, 1.82) is 0 Å². The third kappa shape index (κ3) is 2.91. The lowest BCUT2D eigenvalue weighted by atomic mass is 10.0. The molecule has 92 valence electrons. The van der Waals surface area contributed by atoms with Gasteiger partial charge in [0.15, 0.2) is 0 Å². The average Bonchev–Trinajstić information content (AvgIpc) is 2.44. The maximum Gasteiger partial charge on any atom is 0.327 e. The number of alkyl halides is 1. The summed E-state index contributed by atoms with van der Waals surface area (Å²) in [7, 11) is 0. The second-order valence-corrected chi connectivity index (χ2v) is 6.47. The zero-order valence-electron chi connectivity index (χ0n) is 9.31. The minimum absolute atomic E-state index is 0.0982. The molecule has 0 radical (unpaired) electrons. The third-order valence-electron chi connectivity index (χ3n) is 2.67. The van der Waals surface area contributed by atoms with E-state index in [9.17, 15) is 14.7 Å². The number of rotatable bonds is 4. The van der Waals surface area contributed by atoms with Crippen LogP contribution < -0.4 is 0 Å². The molecular formula is C10H16BrNO3S. The van der Waals surface area contributed by atoms with Crippen molar-refractivity contribution >= 4 is 40.4 Å². The summed E-state index contributed by atoms with van der Waals surface area (Å²) in [5, 5.41) is 9.91. The number of aliphatic carboxylic acids is 1. The van der Waals surface area contributed by atoms with Gasteiger partial charge < -0.3 is 10.0 Å². The van der Waals surface area contributed by atoms with Crippen LogP contribution in [0.5, 0.6) is 0 Å². The Bertz CT molecular complexity index is 303. The molecule has 1 saturated heterocycles. The highest BCUT2D eigenvalue weighted by atomic mass is 79.9. The molecule has 0 bridgehead atoms. The van der Waals surface area contributed by atoms with Crippen molar-refractivity contribution in [2.75, 3.05) is 11.9 Å². The van der Waals surface area contributed by atoms with Crippen LogP contribution in [0.15, 0.2) is 0 Å². The minimum atomic E-state index is -0.997. The summed E-state index contributed by atoms with van der Waals surface area (Å²) in [6.45, 7) is 3.91. The number of carboxylic acid groups (broad SMARTS) is 1. The van der Waals surface area contributed by atoms with Crippen LogP contribution in [0.3, 0.4) is 0 Å². The third-order valence-corrected chi connectivity index (χ3v) is 3.83. The molecule has 0 saturated carbocycles. The molecule has 1 rings (SSSR count). The van der Waals surface area contributed by atoms with Gasteiger partial charge in [-0.1, -0.05) is 15.9 Å². The van der Waals surface area contributed by atoms with Crippen molar-refractivity contribution in [3.63, 3.8) is 0 Å². The summed E-state index contributed by atoms with van der Waals surface area (Å²) in [4.78, 5) is 24.4. The number of carbonyl (C=O) groups is 2. The smallest absolute Gasteiger partial charge is 0.327 e. The normalized spacial score (nSPS) is 23.6. The molecule has 0 aromatic carbocycles. The van der Waals surface area contributed by atoms with Crippen molar-refractivity contribution in [3.8, 4) is 0 Å². The number of likely N-dealkylation sites (tertiary alicyclic amines) is 1. The number of amides is 1. The number of nitrogens with zero attached hydrogens (tertiary/aromatic N) is 1. The first-order valence-electron chi connectivity index (χ1n) is 5.08. The number of halogens is 1. The largest absolute Gasteiger partial charge is 0.480 e. The predicted octanol–water partition coefficient (Wildman–Crippen LogP) is 1.39. The van der Waals surface area contributed by atoms with Gasteiger partial charge in [-0.2, -0.15) is 12.6 Å². The lowest BCUT2D eigenvalue weighted by molar-refractivity contribution is -0.149. The van der Waals surface area contributed by atoms with Crippen molar-refractivity contribution < 1.29 is 14.7 Å². The van der Waals surface area contributed by atoms with Crippen LogP contribution >= 0.6 is 28.6 Å². The molecule has 6 heteroatoms. The van der Waals surface area contributed by atoms with Gasteiger partial charge in [0.05, 0.1) is 0 Å². The molecule has 1 aliphatic heterocycles. The molecule has 4 nitrogen and oxygen atoms in total. The maximum atomic E-state index is 11.7. The van der Waals surface area contributed by atoms with Gasteiger partial charge in [-0.3, -0.25) is 4.79 Å². The Kier molecular flexibility index (Phi) is 4.29. The first kappa shape index (κ1) is 13.8. The first-order valence-corrected chi connectivity index (χ1v) is 6.65. The highest BCUT2D eigenvalue weighted by molar-refractivity contribution is 9.09. The quantitative estimate of drug-likeness (QED) is 0.609. The zero-order valence-corrected chi connectivity index (χ0v) is 11.8. The Morgan fingerprint density at radius 3 is 2.62 bits per heavy atom. The molecule has 0 aromatic rings. The Labute approximate surface area is 109 Å². The maximum absolute atomic E-state index is 11.7. The number of hydrogen-bond donors (Lipinski definition) is 2. The molecule has 0 spiro atoms. The Balaban J connectivity index is 2.89. The molecule has 1 fully saturated rings. The first-order chi connectivity index (χ1) is 7.27. The van der Waals surface area contributed by atoms with Crippen LogP contribution in [0, 0.1) is 5.92 Å². The van der Waals surface area contributed by atoms with Gasteiger partial charge in [0.2, 0.25) is 5.91 Å². The fourth-order valence-electron chi connectivity index (χ4n) is 1.98. The van der Waals surface area contributed by atoms with Crippen LogP contribution in [0.2, 0.25) is 0 Å². The monoisotopic (exact) mass is 309 g/mol. The second kappa shape index (κ2) is 4.96. The van der Waals surface area contributed by atoms with E-state index in [-0.39, 0.29) is 11.8 Å². The van der Waals surface area contributed by atoms with E-state index in [0.29, 0.717) is 18.3 Å². The van der Waals surface area contributed by atoms with Gasteiger partial charge in [0, 0.05) is 23.0 Å². The van der Waals surface area contributed by atoms with E-state index in [1.807, 2.05) is 0 Å². The lowest BCUT2D eigenvalue weighted by Gasteiger charge is -2.34. The van der Waals surface area contributed by atoms with Gasteiger partial charge in [-0.15, -0.1) is 0 Å². The fourth-order valence-corrected chi connectivity index (χ4v) is 2.66. The lowest BCUT2D eigenvalue weighted by Crippen LogP contribution is -2.52. The zero-order chi connectivity index (χ0) is 12.5. The van der Waals surface area contributed by atoms with Crippen LogP contribution in [-0.4, -0.2) is 44.5 Å². The van der Waals surface area contributed by atoms with E-state index in [1.165, 1.54) is 4.90 Å². The second-order valence-electron chi connectivity index (χ2n) is 4.66. The number of hydrogen-bond acceptors (Lipinski definition) is 3. The van der Waals surface area contributed by atoms with Crippen molar-refractivity contribution in [3.05, 3.63) is 0 Å². The number of carbonyl (C=O) groups excluding carboxylic acids is 1.